The number of likely N-dealkylation sites (tertiary alicyclic amines) is 1. The summed E-state index contributed by atoms with van der Waals surface area (Å²) in [5.41, 5.74) is 2.72. The summed E-state index contributed by atoms with van der Waals surface area (Å²) in [7, 11) is 0. The van der Waals surface area contributed by atoms with Crippen molar-refractivity contribution in [3.63, 3.8) is 0 Å². The average Bonchev–Trinajstić information content (AvgIpc) is 3.47. The lowest BCUT2D eigenvalue weighted by Crippen LogP contribution is -2.41. The second-order valence-electron chi connectivity index (χ2n) is 8.26. The van der Waals surface area contributed by atoms with Gasteiger partial charge >= 0.3 is 0 Å². The maximum absolute atomic E-state index is 13.1. The zero-order valence-electron chi connectivity index (χ0n) is 16.1. The molecule has 1 aliphatic carbocycles. The van der Waals surface area contributed by atoms with Crippen LogP contribution in [-0.4, -0.2) is 49.3 Å². The summed E-state index contributed by atoms with van der Waals surface area (Å²) in [4.78, 5) is 45.9. The number of rotatable bonds is 2. The molecular formula is C20H25N5O3. The van der Waals surface area contributed by atoms with Crippen molar-refractivity contribution in [2.75, 3.05) is 13.1 Å². The van der Waals surface area contributed by atoms with Crippen LogP contribution in [0.4, 0.5) is 0 Å². The first kappa shape index (κ1) is 17.5. The molecule has 28 heavy (non-hydrogen) atoms. The minimum atomic E-state index is -0.135. The summed E-state index contributed by atoms with van der Waals surface area (Å²) < 4.78 is 1.48. The van der Waals surface area contributed by atoms with E-state index in [0.29, 0.717) is 30.7 Å². The maximum atomic E-state index is 13.1. The Morgan fingerprint density at radius 2 is 2.00 bits per heavy atom. The van der Waals surface area contributed by atoms with Gasteiger partial charge in [0.2, 0.25) is 11.8 Å². The average molecular weight is 383 g/mol. The van der Waals surface area contributed by atoms with Crippen LogP contribution in [0.25, 0.3) is 5.65 Å². The summed E-state index contributed by atoms with van der Waals surface area (Å²) in [6.07, 6.45) is 5.49. The Kier molecular flexibility index (Phi) is 4.03. The number of hydrogen-bond donors (Lipinski definition) is 1. The Bertz CT molecular complexity index is 1020. The van der Waals surface area contributed by atoms with Gasteiger partial charge in [-0.15, -0.1) is 0 Å². The predicted molar refractivity (Wildman–Crippen MR) is 102 cm³/mol. The van der Waals surface area contributed by atoms with E-state index in [1.54, 1.807) is 11.8 Å². The first-order chi connectivity index (χ1) is 13.5. The second kappa shape index (κ2) is 6.46. The van der Waals surface area contributed by atoms with Crippen LogP contribution in [0.3, 0.4) is 0 Å². The van der Waals surface area contributed by atoms with Gasteiger partial charge in [-0.3, -0.25) is 19.5 Å². The zero-order chi connectivity index (χ0) is 19.4. The molecule has 1 atom stereocenters. The summed E-state index contributed by atoms with van der Waals surface area (Å²) in [6, 6.07) is 1.85. The number of fused-ring (bicyclic) bond motifs is 2. The summed E-state index contributed by atoms with van der Waals surface area (Å²) >= 11 is 0. The van der Waals surface area contributed by atoms with E-state index in [1.807, 2.05) is 11.0 Å². The van der Waals surface area contributed by atoms with Crippen LogP contribution >= 0.6 is 0 Å². The minimum absolute atomic E-state index is 0.0441. The monoisotopic (exact) mass is 383 g/mol. The molecule has 0 bridgehead atoms. The largest absolute Gasteiger partial charge is 0.337 e. The normalized spacial score (nSPS) is 22.4. The number of hydrogen-bond acceptors (Lipinski definition) is 4. The van der Waals surface area contributed by atoms with E-state index in [4.69, 9.17) is 4.98 Å². The number of nitrogens with zero attached hydrogens (tertiary/aromatic N) is 4. The maximum Gasteiger partial charge on any atom is 0.277 e. The predicted octanol–water partition coefficient (Wildman–Crippen LogP) is 1.39. The van der Waals surface area contributed by atoms with Crippen LogP contribution in [0.5, 0.6) is 0 Å². The molecule has 2 aromatic rings. The van der Waals surface area contributed by atoms with Crippen LogP contribution in [-0.2, 0) is 22.6 Å². The van der Waals surface area contributed by atoms with E-state index in [9.17, 15) is 14.4 Å². The fraction of sp³-hybridized carbons (Fsp3) is 0.600. The third kappa shape index (κ3) is 2.82. The number of amides is 2. The lowest BCUT2D eigenvalue weighted by atomic mass is 9.99. The number of aromatic amines is 1. The fourth-order valence-electron chi connectivity index (χ4n) is 4.58. The van der Waals surface area contributed by atoms with Crippen LogP contribution in [0.1, 0.15) is 62.0 Å². The first-order valence-corrected chi connectivity index (χ1v) is 10.2. The Morgan fingerprint density at radius 1 is 1.18 bits per heavy atom. The molecule has 148 valence electrons. The van der Waals surface area contributed by atoms with Gasteiger partial charge in [0.1, 0.15) is 0 Å². The van der Waals surface area contributed by atoms with Gasteiger partial charge < -0.3 is 9.80 Å². The molecule has 0 unspecified atom stereocenters. The Hall–Kier alpha value is -2.64. The van der Waals surface area contributed by atoms with E-state index < -0.39 is 0 Å². The van der Waals surface area contributed by atoms with Gasteiger partial charge in [0.15, 0.2) is 5.65 Å². The van der Waals surface area contributed by atoms with Crippen molar-refractivity contribution in [1.29, 1.82) is 0 Å². The highest BCUT2D eigenvalue weighted by Crippen LogP contribution is 2.33. The molecular weight excluding hydrogens is 358 g/mol. The molecule has 0 aromatic carbocycles. The summed E-state index contributed by atoms with van der Waals surface area (Å²) in [6.45, 7) is 3.31. The lowest BCUT2D eigenvalue weighted by molar-refractivity contribution is -0.134. The van der Waals surface area contributed by atoms with E-state index in [1.165, 1.54) is 4.52 Å². The van der Waals surface area contributed by atoms with Gasteiger partial charge in [0.05, 0.1) is 29.5 Å². The molecule has 2 aliphatic heterocycles. The Morgan fingerprint density at radius 3 is 2.75 bits per heavy atom. The van der Waals surface area contributed by atoms with Crippen molar-refractivity contribution in [3.05, 3.63) is 33.4 Å². The molecule has 5 rings (SSSR count). The first-order valence-electron chi connectivity index (χ1n) is 10.2. The SMILES string of the molecule is CC(=O)N1CCCC[C@H]1c1cc2nc3c(c(=O)n2[nH]1)CN(C(=O)C1CC1)CC3. The molecule has 2 amide bonds. The van der Waals surface area contributed by atoms with Gasteiger partial charge in [-0.05, 0) is 32.1 Å². The van der Waals surface area contributed by atoms with Crippen molar-refractivity contribution < 1.29 is 9.59 Å². The molecule has 4 heterocycles. The smallest absolute Gasteiger partial charge is 0.277 e. The van der Waals surface area contributed by atoms with E-state index in [2.05, 4.69) is 5.10 Å². The molecule has 2 aromatic heterocycles. The lowest BCUT2D eigenvalue weighted by Gasteiger charge is -2.34. The Balaban J connectivity index is 1.51. The van der Waals surface area contributed by atoms with Gasteiger partial charge in [0, 0.05) is 38.4 Å². The van der Waals surface area contributed by atoms with Crippen molar-refractivity contribution in [3.8, 4) is 0 Å². The number of H-pyrrole nitrogens is 1. The van der Waals surface area contributed by atoms with Gasteiger partial charge in [0.25, 0.3) is 5.56 Å². The number of carbonyl (C=O) groups excluding carboxylic acids is 2. The molecule has 8 heteroatoms. The van der Waals surface area contributed by atoms with E-state index in [0.717, 1.165) is 50.0 Å². The highest BCUT2D eigenvalue weighted by atomic mass is 16.2. The summed E-state index contributed by atoms with van der Waals surface area (Å²) in [5.74, 6) is 0.376. The molecule has 8 nitrogen and oxygen atoms in total. The quantitative estimate of drug-likeness (QED) is 0.848. The number of aromatic nitrogens is 3. The number of carbonyl (C=O) groups is 2. The zero-order valence-corrected chi connectivity index (χ0v) is 16.1. The van der Waals surface area contributed by atoms with Crippen LogP contribution in [0, 0.1) is 5.92 Å². The van der Waals surface area contributed by atoms with Crippen molar-refractivity contribution in [2.45, 2.75) is 58.0 Å². The molecule has 0 spiro atoms. The molecule has 1 saturated carbocycles. The van der Waals surface area contributed by atoms with E-state index >= 15 is 0 Å². The molecule has 3 aliphatic rings. The molecule has 0 radical (unpaired) electrons. The highest BCUT2D eigenvalue weighted by Gasteiger charge is 2.36. The van der Waals surface area contributed by atoms with Gasteiger partial charge in [-0.2, -0.15) is 0 Å². The van der Waals surface area contributed by atoms with Crippen molar-refractivity contribution in [1.82, 2.24) is 24.4 Å². The summed E-state index contributed by atoms with van der Waals surface area (Å²) in [5, 5.41) is 3.19. The van der Waals surface area contributed by atoms with Crippen molar-refractivity contribution >= 4 is 17.5 Å². The minimum Gasteiger partial charge on any atom is -0.337 e. The second-order valence-corrected chi connectivity index (χ2v) is 8.26. The third-order valence-corrected chi connectivity index (χ3v) is 6.29. The molecule has 1 saturated heterocycles. The van der Waals surface area contributed by atoms with Crippen molar-refractivity contribution in [2.24, 2.45) is 5.92 Å². The molecule has 2 fully saturated rings. The topological polar surface area (TPSA) is 90.8 Å². The fourth-order valence-corrected chi connectivity index (χ4v) is 4.58. The number of piperidine rings is 1. The van der Waals surface area contributed by atoms with Crippen LogP contribution in [0.2, 0.25) is 0 Å². The van der Waals surface area contributed by atoms with Crippen LogP contribution in [0.15, 0.2) is 10.9 Å². The van der Waals surface area contributed by atoms with Gasteiger partial charge in [-0.1, -0.05) is 0 Å². The van der Waals surface area contributed by atoms with E-state index in [-0.39, 0.29) is 29.3 Å². The molecule has 1 N–H and O–H groups in total. The third-order valence-electron chi connectivity index (χ3n) is 6.29. The Labute approximate surface area is 162 Å². The highest BCUT2D eigenvalue weighted by molar-refractivity contribution is 5.81. The standard InChI is InChI=1S/C20H25N5O3/c1-12(26)24-8-3-2-4-17(24)16-10-18-21-15-7-9-23(19(27)13-5-6-13)11-14(15)20(28)25(18)22-16/h10,13,17,22H,2-9,11H2,1H3/t17-/m0/s1. The number of nitrogens with one attached hydrogen (secondary N) is 1. The van der Waals surface area contributed by atoms with Gasteiger partial charge in [-0.25, -0.2) is 9.50 Å². The van der Waals surface area contributed by atoms with Crippen LogP contribution < -0.4 is 5.56 Å².